The minimum absolute atomic E-state index is 0.128. The minimum Gasteiger partial charge on any atom is -0.351 e. The molecule has 0 unspecified atom stereocenters. The van der Waals surface area contributed by atoms with Gasteiger partial charge in [-0.1, -0.05) is 6.07 Å². The van der Waals surface area contributed by atoms with Gasteiger partial charge < -0.3 is 10.7 Å². The van der Waals surface area contributed by atoms with Gasteiger partial charge in [-0.15, -0.1) is 0 Å². The molecular formula is C13H13F3N2. The molecule has 1 aliphatic carbocycles. The molecule has 2 nitrogen and oxygen atoms in total. The number of halogens is 3. The summed E-state index contributed by atoms with van der Waals surface area (Å²) in [6.07, 6.45) is -1.61. The van der Waals surface area contributed by atoms with Crippen LogP contribution in [0.1, 0.15) is 24.1 Å². The van der Waals surface area contributed by atoms with Crippen LogP contribution in [0.2, 0.25) is 0 Å². The van der Waals surface area contributed by atoms with Crippen molar-refractivity contribution in [3.63, 3.8) is 0 Å². The Hall–Kier alpha value is -1.49. The molecule has 1 heterocycles. The highest BCUT2D eigenvalue weighted by atomic mass is 19.4. The third kappa shape index (κ3) is 2.10. The number of aromatic amines is 1. The van der Waals surface area contributed by atoms with E-state index in [1.54, 1.807) is 12.1 Å². The van der Waals surface area contributed by atoms with Gasteiger partial charge in [0.1, 0.15) is 5.69 Å². The lowest BCUT2D eigenvalue weighted by Gasteiger charge is -2.07. The summed E-state index contributed by atoms with van der Waals surface area (Å²) in [5.41, 5.74) is 6.68. The van der Waals surface area contributed by atoms with Gasteiger partial charge in [0.05, 0.1) is 0 Å². The molecule has 0 radical (unpaired) electrons. The van der Waals surface area contributed by atoms with Crippen LogP contribution in [-0.4, -0.2) is 10.5 Å². The molecule has 0 saturated heterocycles. The van der Waals surface area contributed by atoms with Gasteiger partial charge in [-0.05, 0) is 43.0 Å². The molecule has 0 atom stereocenters. The van der Waals surface area contributed by atoms with Crippen LogP contribution < -0.4 is 5.73 Å². The number of aromatic nitrogens is 1. The van der Waals surface area contributed by atoms with Gasteiger partial charge in [0.15, 0.2) is 0 Å². The van der Waals surface area contributed by atoms with Crippen LogP contribution in [0.4, 0.5) is 13.2 Å². The molecule has 0 amide bonds. The van der Waals surface area contributed by atoms with Gasteiger partial charge in [-0.25, -0.2) is 0 Å². The van der Waals surface area contributed by atoms with Crippen LogP contribution in [0.25, 0.3) is 10.9 Å². The summed E-state index contributed by atoms with van der Waals surface area (Å²) in [6, 6.07) is 6.46. The van der Waals surface area contributed by atoms with E-state index >= 15 is 0 Å². The molecule has 3 N–H and O–H groups in total. The average molecular weight is 254 g/mol. The lowest BCUT2D eigenvalue weighted by molar-refractivity contribution is -0.140. The van der Waals surface area contributed by atoms with Crippen molar-refractivity contribution in [2.24, 2.45) is 5.73 Å². The Morgan fingerprint density at radius 2 is 1.94 bits per heavy atom. The highest BCUT2D eigenvalue weighted by Crippen LogP contribution is 2.36. The fourth-order valence-corrected chi connectivity index (χ4v) is 2.19. The van der Waals surface area contributed by atoms with Crippen molar-refractivity contribution in [1.29, 1.82) is 0 Å². The number of hydrogen-bond acceptors (Lipinski definition) is 1. The summed E-state index contributed by atoms with van der Waals surface area (Å²) in [5.74, 6) is 0. The number of hydrogen-bond donors (Lipinski definition) is 2. The van der Waals surface area contributed by atoms with E-state index in [-0.39, 0.29) is 5.54 Å². The Morgan fingerprint density at radius 1 is 1.22 bits per heavy atom. The Bertz CT molecular complexity index is 594. The fourth-order valence-electron chi connectivity index (χ4n) is 2.19. The summed E-state index contributed by atoms with van der Waals surface area (Å²) in [6.45, 7) is 0. The molecule has 0 aliphatic heterocycles. The number of rotatable bonds is 2. The zero-order chi connectivity index (χ0) is 13.0. The molecule has 96 valence electrons. The molecule has 1 aliphatic rings. The molecule has 1 aromatic carbocycles. The number of fused-ring (bicyclic) bond motifs is 1. The normalized spacial score (nSPS) is 18.2. The number of benzene rings is 1. The molecule has 2 aromatic rings. The molecule has 3 rings (SSSR count). The molecule has 5 heteroatoms. The van der Waals surface area contributed by atoms with Gasteiger partial charge >= 0.3 is 6.18 Å². The van der Waals surface area contributed by atoms with Crippen LogP contribution in [0.15, 0.2) is 24.3 Å². The summed E-state index contributed by atoms with van der Waals surface area (Å²) < 4.78 is 37.7. The van der Waals surface area contributed by atoms with E-state index in [2.05, 4.69) is 4.98 Å². The zero-order valence-electron chi connectivity index (χ0n) is 9.64. The average Bonchev–Trinajstić information content (AvgIpc) is 2.83. The number of nitrogens with two attached hydrogens (primary N) is 1. The first-order valence-electron chi connectivity index (χ1n) is 5.84. The molecule has 1 aromatic heterocycles. The maximum Gasteiger partial charge on any atom is 0.431 e. The third-order valence-electron chi connectivity index (χ3n) is 3.44. The number of H-pyrrole nitrogens is 1. The summed E-state index contributed by atoms with van der Waals surface area (Å²) >= 11 is 0. The second-order valence-electron chi connectivity index (χ2n) is 5.14. The molecule has 1 saturated carbocycles. The first-order valence-corrected chi connectivity index (χ1v) is 5.84. The first kappa shape index (κ1) is 11.6. The Morgan fingerprint density at radius 3 is 2.56 bits per heavy atom. The lowest BCUT2D eigenvalue weighted by atomic mass is 10.0. The van der Waals surface area contributed by atoms with Crippen LogP contribution in [0, 0.1) is 0 Å². The second-order valence-corrected chi connectivity index (χ2v) is 5.14. The summed E-state index contributed by atoms with van der Waals surface area (Å²) in [5, 5.41) is 0.587. The summed E-state index contributed by atoms with van der Waals surface area (Å²) in [4.78, 5) is 2.38. The Balaban J connectivity index is 1.96. The van der Waals surface area contributed by atoms with Crippen LogP contribution >= 0.6 is 0 Å². The standard InChI is InChI=1S/C13H13F3N2/c14-13(15,16)11-6-9-5-8(1-2-10(9)18-11)7-12(17)3-4-12/h1-2,5-6,18H,3-4,7,17H2. The van der Waals surface area contributed by atoms with Gasteiger partial charge in [0.2, 0.25) is 0 Å². The predicted octanol–water partition coefficient (Wildman–Crippen LogP) is 3.22. The molecular weight excluding hydrogens is 241 g/mol. The highest BCUT2D eigenvalue weighted by molar-refractivity contribution is 5.81. The van der Waals surface area contributed by atoms with Crippen molar-refractivity contribution < 1.29 is 13.2 Å². The maximum atomic E-state index is 12.6. The fraction of sp³-hybridized carbons (Fsp3) is 0.385. The second kappa shape index (κ2) is 3.51. The van der Waals surface area contributed by atoms with E-state index in [0.717, 1.165) is 30.9 Å². The van der Waals surface area contributed by atoms with Gasteiger partial charge in [0, 0.05) is 16.4 Å². The third-order valence-corrected chi connectivity index (χ3v) is 3.44. The number of nitrogens with one attached hydrogen (secondary N) is 1. The van der Waals surface area contributed by atoms with E-state index in [1.807, 2.05) is 6.07 Å². The highest BCUT2D eigenvalue weighted by Gasteiger charge is 2.38. The lowest BCUT2D eigenvalue weighted by Crippen LogP contribution is -2.24. The number of alkyl halides is 3. The van der Waals surface area contributed by atoms with Crippen molar-refractivity contribution in [2.45, 2.75) is 31.0 Å². The maximum absolute atomic E-state index is 12.6. The summed E-state index contributed by atoms with van der Waals surface area (Å²) in [7, 11) is 0. The van der Waals surface area contributed by atoms with Gasteiger partial charge in [0.25, 0.3) is 0 Å². The quantitative estimate of drug-likeness (QED) is 0.848. The SMILES string of the molecule is NC1(Cc2ccc3[nH]c(C(F)(F)F)cc3c2)CC1. The van der Waals surface area contributed by atoms with Gasteiger partial charge in [-0.2, -0.15) is 13.2 Å². The van der Waals surface area contributed by atoms with Crippen molar-refractivity contribution in [3.05, 3.63) is 35.5 Å². The smallest absolute Gasteiger partial charge is 0.351 e. The first-order chi connectivity index (χ1) is 8.36. The van der Waals surface area contributed by atoms with E-state index in [0.29, 0.717) is 10.9 Å². The monoisotopic (exact) mass is 254 g/mol. The zero-order valence-corrected chi connectivity index (χ0v) is 9.64. The van der Waals surface area contributed by atoms with Crippen LogP contribution in [-0.2, 0) is 12.6 Å². The molecule has 0 spiro atoms. The molecule has 1 fully saturated rings. The molecule has 18 heavy (non-hydrogen) atoms. The van der Waals surface area contributed by atoms with Gasteiger partial charge in [-0.3, -0.25) is 0 Å². The van der Waals surface area contributed by atoms with E-state index in [9.17, 15) is 13.2 Å². The largest absolute Gasteiger partial charge is 0.431 e. The molecule has 0 bridgehead atoms. The van der Waals surface area contributed by atoms with Crippen LogP contribution in [0.3, 0.4) is 0 Å². The van der Waals surface area contributed by atoms with Crippen molar-refractivity contribution >= 4 is 10.9 Å². The Labute approximate surface area is 102 Å². The predicted molar refractivity (Wildman–Crippen MR) is 63.2 cm³/mol. The van der Waals surface area contributed by atoms with E-state index in [1.165, 1.54) is 0 Å². The van der Waals surface area contributed by atoms with Crippen LogP contribution in [0.5, 0.6) is 0 Å². The van der Waals surface area contributed by atoms with Crippen molar-refractivity contribution in [1.82, 2.24) is 4.98 Å². The van der Waals surface area contributed by atoms with Crippen molar-refractivity contribution in [2.75, 3.05) is 0 Å². The Kier molecular flexibility index (Phi) is 2.26. The van der Waals surface area contributed by atoms with E-state index < -0.39 is 11.9 Å². The minimum atomic E-state index is -4.33. The van der Waals surface area contributed by atoms with Crippen molar-refractivity contribution in [3.8, 4) is 0 Å². The topological polar surface area (TPSA) is 41.8 Å². The van der Waals surface area contributed by atoms with E-state index in [4.69, 9.17) is 5.73 Å².